The van der Waals surface area contributed by atoms with Crippen molar-refractivity contribution >= 4 is 21.6 Å². The smallest absolute Gasteiger partial charge is 0.479 e. The van der Waals surface area contributed by atoms with Crippen LogP contribution in [-0.2, 0) is 36.8 Å². The van der Waals surface area contributed by atoms with Crippen LogP contribution in [0.1, 0.15) is 18.2 Å². The first-order valence-corrected chi connectivity index (χ1v) is 13.3. The molecule has 8 N–H and O–H groups in total. The van der Waals surface area contributed by atoms with Crippen LogP contribution in [0.15, 0.2) is 15.8 Å². The highest BCUT2D eigenvalue weighted by molar-refractivity contribution is 7.61. The number of aromatic nitrogens is 2. The number of carbonyl (C=O) groups is 1. The van der Waals surface area contributed by atoms with Crippen molar-refractivity contribution in [3.05, 3.63) is 32.6 Å². The van der Waals surface area contributed by atoms with E-state index in [4.69, 9.17) is 9.84 Å². The summed E-state index contributed by atoms with van der Waals surface area (Å²) in [7, 11) is -11.1. The van der Waals surface area contributed by atoms with E-state index in [2.05, 4.69) is 18.1 Å². The minimum atomic E-state index is -5.67. The quantitative estimate of drug-likeness (QED) is 0.133. The lowest BCUT2D eigenvalue weighted by molar-refractivity contribution is -0.274. The highest BCUT2D eigenvalue weighted by atomic mass is 31.3. The van der Waals surface area contributed by atoms with Gasteiger partial charge in [-0.2, -0.15) is 4.31 Å². The standard InChI is InChI=1S/C16H24N2O17P2/c1-5-3-18(16(26)17-13(5)23)8-2-6(19)7(32-8)4-31-36(27,28)35-37(29,30)34-15-11(22)9(20)10(21)12(33-15)14(24)25/h3,6-12,15,19-22H,2,4H2,1H3,(H,24,25)(H,27,28)(H,29,30)(H,17,23,26)/t6-,7+,8+,9-,10+,11+,12-,15?/m0/s1. The Kier molecular flexibility index (Phi) is 8.93. The van der Waals surface area contributed by atoms with Crippen molar-refractivity contribution in [3.63, 3.8) is 0 Å². The molecule has 1 aromatic heterocycles. The average molecular weight is 578 g/mol. The number of carboxylic acid groups (broad SMARTS) is 1. The zero-order valence-corrected chi connectivity index (χ0v) is 20.5. The van der Waals surface area contributed by atoms with E-state index in [9.17, 15) is 53.7 Å². The second-order valence-electron chi connectivity index (χ2n) is 8.07. The summed E-state index contributed by atoms with van der Waals surface area (Å²) in [5.41, 5.74) is -1.32. The van der Waals surface area contributed by atoms with E-state index < -0.39 is 88.6 Å². The number of hydrogen-bond acceptors (Lipinski definition) is 14. The van der Waals surface area contributed by atoms with Gasteiger partial charge in [0, 0.05) is 18.2 Å². The molecule has 3 rings (SSSR count). The summed E-state index contributed by atoms with van der Waals surface area (Å²) in [6.45, 7) is 0.508. The van der Waals surface area contributed by atoms with Crippen LogP contribution in [-0.4, -0.2) is 100 Å². The lowest BCUT2D eigenvalue weighted by Crippen LogP contribution is -2.60. The zero-order valence-electron chi connectivity index (χ0n) is 18.7. The molecule has 3 heterocycles. The van der Waals surface area contributed by atoms with Gasteiger partial charge in [-0.1, -0.05) is 0 Å². The molecule has 37 heavy (non-hydrogen) atoms. The lowest BCUT2D eigenvalue weighted by atomic mass is 9.99. The van der Waals surface area contributed by atoms with E-state index in [1.165, 1.54) is 13.1 Å². The molecular weight excluding hydrogens is 554 g/mol. The second-order valence-corrected chi connectivity index (χ2v) is 11.1. The summed E-state index contributed by atoms with van der Waals surface area (Å²) in [6.07, 6.45) is -14.0. The Hall–Kier alpha value is -1.83. The van der Waals surface area contributed by atoms with Gasteiger partial charge in [0.25, 0.3) is 5.56 Å². The van der Waals surface area contributed by atoms with Crippen molar-refractivity contribution in [2.75, 3.05) is 6.61 Å². The molecule has 2 aliphatic rings. The van der Waals surface area contributed by atoms with Gasteiger partial charge in [-0.15, -0.1) is 0 Å². The molecular formula is C16H24N2O17P2. The molecule has 0 aliphatic carbocycles. The van der Waals surface area contributed by atoms with E-state index in [0.717, 1.165) is 4.57 Å². The maximum atomic E-state index is 12.2. The molecule has 21 heteroatoms. The van der Waals surface area contributed by atoms with Gasteiger partial charge in [-0.05, 0) is 6.92 Å². The Morgan fingerprint density at radius 2 is 1.76 bits per heavy atom. The van der Waals surface area contributed by atoms with Crippen LogP contribution < -0.4 is 11.2 Å². The number of phosphoric acid groups is 2. The number of aliphatic hydroxyl groups is 4. The van der Waals surface area contributed by atoms with E-state index in [-0.39, 0.29) is 12.0 Å². The summed E-state index contributed by atoms with van der Waals surface area (Å²) in [5, 5.41) is 48.3. The van der Waals surface area contributed by atoms with Gasteiger partial charge in [0.2, 0.25) is 0 Å². The Morgan fingerprint density at radius 1 is 1.11 bits per heavy atom. The van der Waals surface area contributed by atoms with Gasteiger partial charge in [0.05, 0.1) is 12.7 Å². The molecule has 3 unspecified atom stereocenters. The van der Waals surface area contributed by atoms with Crippen LogP contribution in [0.5, 0.6) is 0 Å². The van der Waals surface area contributed by atoms with Crippen LogP contribution in [0.4, 0.5) is 0 Å². The van der Waals surface area contributed by atoms with Gasteiger partial charge >= 0.3 is 27.3 Å². The Labute approximate surface area is 205 Å². The minimum Gasteiger partial charge on any atom is -0.479 e. The molecule has 0 amide bonds. The van der Waals surface area contributed by atoms with Crippen LogP contribution in [0.25, 0.3) is 0 Å². The molecule has 19 nitrogen and oxygen atoms in total. The number of aryl methyl sites for hydroxylation is 1. The SMILES string of the molecule is Cc1cn([C@H]2C[C@H](O)[C@@H](COP(=O)(O)OP(=O)(O)OC3O[C@H](C(=O)O)[C@H](O)[C@H](O)[C@H]3O)O2)c(=O)[nH]c1=O. The molecule has 210 valence electrons. The van der Waals surface area contributed by atoms with Crippen LogP contribution >= 0.6 is 15.6 Å². The molecule has 2 aliphatic heterocycles. The number of aromatic amines is 1. The van der Waals surface area contributed by atoms with Gasteiger partial charge in [-0.25, -0.2) is 18.7 Å². The van der Waals surface area contributed by atoms with Crippen molar-refractivity contribution in [3.8, 4) is 0 Å². The third-order valence-corrected chi connectivity index (χ3v) is 7.92. The van der Waals surface area contributed by atoms with Crippen molar-refractivity contribution in [1.29, 1.82) is 0 Å². The number of H-pyrrole nitrogens is 1. The zero-order chi connectivity index (χ0) is 27.9. The van der Waals surface area contributed by atoms with Gasteiger partial charge in [0.15, 0.2) is 12.4 Å². The molecule has 0 bridgehead atoms. The molecule has 10 atom stereocenters. The van der Waals surface area contributed by atoms with Crippen LogP contribution in [0, 0.1) is 6.92 Å². The molecule has 0 saturated carbocycles. The Morgan fingerprint density at radius 3 is 2.38 bits per heavy atom. The predicted octanol–water partition coefficient (Wildman–Crippen LogP) is -3.36. The third kappa shape index (κ3) is 6.98. The number of nitrogens with zero attached hydrogens (tertiary/aromatic N) is 1. The van der Waals surface area contributed by atoms with Crippen molar-refractivity contribution < 1.29 is 72.1 Å². The molecule has 2 fully saturated rings. The van der Waals surface area contributed by atoms with Gasteiger partial charge in [-0.3, -0.25) is 23.4 Å². The molecule has 0 aromatic carbocycles. The average Bonchev–Trinajstić information content (AvgIpc) is 3.14. The fraction of sp³-hybridized carbons (Fsp3) is 0.688. The van der Waals surface area contributed by atoms with Crippen molar-refractivity contribution in [1.82, 2.24) is 9.55 Å². The first-order valence-electron chi connectivity index (χ1n) is 10.3. The van der Waals surface area contributed by atoms with Crippen LogP contribution in [0.3, 0.4) is 0 Å². The summed E-state index contributed by atoms with van der Waals surface area (Å²) < 4.78 is 48.3. The van der Waals surface area contributed by atoms with Crippen molar-refractivity contribution in [2.45, 2.75) is 62.5 Å². The highest BCUT2D eigenvalue weighted by Gasteiger charge is 2.51. The first-order chi connectivity index (χ1) is 17.0. The number of aliphatic hydroxyl groups excluding tert-OH is 4. The fourth-order valence-electron chi connectivity index (χ4n) is 3.45. The summed E-state index contributed by atoms with van der Waals surface area (Å²) in [4.78, 5) is 56.2. The van der Waals surface area contributed by atoms with E-state index >= 15 is 0 Å². The highest BCUT2D eigenvalue weighted by Crippen LogP contribution is 2.61. The Bertz CT molecular complexity index is 1220. The minimum absolute atomic E-state index is 0.160. The number of nitrogens with one attached hydrogen (secondary N) is 1. The number of carboxylic acids is 1. The summed E-state index contributed by atoms with van der Waals surface area (Å²) in [5.74, 6) is -1.83. The summed E-state index contributed by atoms with van der Waals surface area (Å²) in [6, 6.07) is 0. The predicted molar refractivity (Wildman–Crippen MR) is 113 cm³/mol. The van der Waals surface area contributed by atoms with Gasteiger partial charge < -0.3 is 44.8 Å². The normalized spacial score (nSPS) is 35.5. The van der Waals surface area contributed by atoms with Crippen LogP contribution in [0.2, 0.25) is 0 Å². The lowest BCUT2D eigenvalue weighted by Gasteiger charge is -2.38. The topological polar surface area (TPSA) is 294 Å². The van der Waals surface area contributed by atoms with E-state index in [0.29, 0.717) is 0 Å². The molecule has 0 spiro atoms. The Balaban J connectivity index is 1.61. The maximum absolute atomic E-state index is 12.2. The fourth-order valence-corrected chi connectivity index (χ4v) is 5.61. The third-order valence-electron chi connectivity index (χ3n) is 5.32. The number of hydrogen-bond donors (Lipinski definition) is 8. The number of rotatable bonds is 9. The number of ether oxygens (including phenoxy) is 2. The second kappa shape index (κ2) is 11.1. The van der Waals surface area contributed by atoms with Crippen molar-refractivity contribution in [2.24, 2.45) is 0 Å². The van der Waals surface area contributed by atoms with E-state index in [1.54, 1.807) is 0 Å². The largest absolute Gasteiger partial charge is 0.483 e. The van der Waals surface area contributed by atoms with E-state index in [1.807, 2.05) is 4.98 Å². The summed E-state index contributed by atoms with van der Waals surface area (Å²) >= 11 is 0. The first kappa shape index (κ1) is 29.7. The molecule has 0 radical (unpaired) electrons. The molecule has 2 saturated heterocycles. The molecule has 1 aromatic rings. The number of aliphatic carboxylic acids is 1. The van der Waals surface area contributed by atoms with Gasteiger partial charge in [0.1, 0.15) is 30.6 Å². The maximum Gasteiger partial charge on any atom is 0.483 e. The monoisotopic (exact) mass is 578 g/mol. The number of phosphoric ester groups is 2.